The van der Waals surface area contributed by atoms with Crippen molar-refractivity contribution in [2.75, 3.05) is 6.61 Å². The lowest BCUT2D eigenvalue weighted by molar-refractivity contribution is -0.336. The van der Waals surface area contributed by atoms with Crippen molar-refractivity contribution in [2.45, 2.75) is 91.2 Å². The minimum atomic E-state index is -0.782. The molecule has 2 aromatic rings. The quantitative estimate of drug-likeness (QED) is 0.449. The lowest BCUT2D eigenvalue weighted by atomic mass is 9.82. The Morgan fingerprint density at radius 3 is 1.92 bits per heavy atom. The Balaban J connectivity index is 1.49. The molecule has 10 atom stereocenters. The van der Waals surface area contributed by atoms with Crippen molar-refractivity contribution in [2.24, 2.45) is 23.7 Å². The van der Waals surface area contributed by atoms with Crippen molar-refractivity contribution in [1.29, 1.82) is 0 Å². The third kappa shape index (κ3) is 6.99. The summed E-state index contributed by atoms with van der Waals surface area (Å²) in [4.78, 5) is 0. The van der Waals surface area contributed by atoms with Crippen molar-refractivity contribution in [3.8, 4) is 0 Å². The van der Waals surface area contributed by atoms with Gasteiger partial charge in [-0.3, -0.25) is 0 Å². The van der Waals surface area contributed by atoms with Crippen LogP contribution in [0.4, 0.5) is 0 Å². The highest BCUT2D eigenvalue weighted by Crippen LogP contribution is 2.39. The van der Waals surface area contributed by atoms with Crippen LogP contribution >= 0.6 is 0 Å². The summed E-state index contributed by atoms with van der Waals surface area (Å²) in [5.41, 5.74) is 2.26. The molecule has 6 heteroatoms. The molecule has 2 saturated heterocycles. The molecule has 0 amide bonds. The zero-order valence-corrected chi connectivity index (χ0v) is 22.9. The van der Waals surface area contributed by atoms with Gasteiger partial charge in [-0.15, -0.1) is 0 Å². The van der Waals surface area contributed by atoms with Crippen LogP contribution in [0.5, 0.6) is 0 Å². The Bertz CT molecular complexity index is 920. The van der Waals surface area contributed by atoms with Crippen LogP contribution in [0.3, 0.4) is 0 Å². The minimum Gasteiger partial charge on any atom is -0.374 e. The fourth-order valence-corrected chi connectivity index (χ4v) is 5.40. The molecule has 2 aliphatic rings. The predicted octanol–water partition coefficient (Wildman–Crippen LogP) is 5.57. The van der Waals surface area contributed by atoms with Gasteiger partial charge in [-0.2, -0.15) is 0 Å². The van der Waals surface area contributed by atoms with Gasteiger partial charge in [0.15, 0.2) is 12.6 Å². The molecule has 2 aromatic carbocycles. The average molecular weight is 513 g/mol. The molecule has 2 fully saturated rings. The first-order valence-electron chi connectivity index (χ1n) is 13.8. The van der Waals surface area contributed by atoms with E-state index in [0.29, 0.717) is 19.8 Å². The Kier molecular flexibility index (Phi) is 10.2. The molecule has 37 heavy (non-hydrogen) atoms. The van der Waals surface area contributed by atoms with Gasteiger partial charge in [0.2, 0.25) is 0 Å². The molecule has 0 aromatic heterocycles. The summed E-state index contributed by atoms with van der Waals surface area (Å²) < 4.78 is 31.9. The molecule has 204 valence electrons. The maximum absolute atomic E-state index is 10.4. The van der Waals surface area contributed by atoms with Gasteiger partial charge in [0, 0.05) is 5.92 Å². The zero-order chi connectivity index (χ0) is 26.4. The Morgan fingerprint density at radius 1 is 0.703 bits per heavy atom. The number of rotatable bonds is 10. The molecule has 0 radical (unpaired) electrons. The summed E-state index contributed by atoms with van der Waals surface area (Å²) in [5, 5.41) is 10.4. The van der Waals surface area contributed by atoms with E-state index in [2.05, 4.69) is 52.0 Å². The Morgan fingerprint density at radius 2 is 1.30 bits per heavy atom. The molecule has 0 aliphatic carbocycles. The molecule has 6 nitrogen and oxygen atoms in total. The predicted molar refractivity (Wildman–Crippen MR) is 142 cm³/mol. The molecule has 1 N–H and O–H groups in total. The first-order chi connectivity index (χ1) is 17.9. The van der Waals surface area contributed by atoms with E-state index >= 15 is 0 Å². The van der Waals surface area contributed by atoms with Crippen LogP contribution in [0.1, 0.15) is 52.2 Å². The highest BCUT2D eigenvalue weighted by Gasteiger charge is 2.47. The van der Waals surface area contributed by atoms with E-state index in [4.69, 9.17) is 23.7 Å². The van der Waals surface area contributed by atoms with Gasteiger partial charge in [0.25, 0.3) is 0 Å². The fraction of sp³-hybridized carbons (Fsp3) is 0.613. The second-order valence-corrected chi connectivity index (χ2v) is 10.8. The normalized spacial score (nSPS) is 36.4. The topological polar surface area (TPSA) is 66.4 Å². The monoisotopic (exact) mass is 512 g/mol. The largest absolute Gasteiger partial charge is 0.374 e. The van der Waals surface area contributed by atoms with Crippen molar-refractivity contribution < 1.29 is 28.8 Å². The van der Waals surface area contributed by atoms with E-state index in [1.54, 1.807) is 0 Å². The molecule has 2 heterocycles. The van der Waals surface area contributed by atoms with Crippen molar-refractivity contribution in [3.63, 3.8) is 0 Å². The molecule has 4 rings (SSSR count). The number of aliphatic hydroxyl groups is 1. The van der Waals surface area contributed by atoms with E-state index in [1.165, 1.54) is 0 Å². The van der Waals surface area contributed by atoms with Gasteiger partial charge in [-0.05, 0) is 35.3 Å². The van der Waals surface area contributed by atoms with Crippen LogP contribution in [0.25, 0.3) is 0 Å². The summed E-state index contributed by atoms with van der Waals surface area (Å²) in [6, 6.07) is 20.4. The summed E-state index contributed by atoms with van der Waals surface area (Å²) in [6.45, 7) is 12.1. The van der Waals surface area contributed by atoms with E-state index < -0.39 is 12.6 Å². The van der Waals surface area contributed by atoms with Crippen molar-refractivity contribution in [3.05, 3.63) is 71.8 Å². The number of benzene rings is 2. The van der Waals surface area contributed by atoms with Crippen molar-refractivity contribution in [1.82, 2.24) is 0 Å². The van der Waals surface area contributed by atoms with E-state index in [9.17, 15) is 5.11 Å². The van der Waals surface area contributed by atoms with Gasteiger partial charge in [0.1, 0.15) is 6.10 Å². The smallest absolute Gasteiger partial charge is 0.184 e. The maximum Gasteiger partial charge on any atom is 0.184 e. The minimum absolute atomic E-state index is 0.0403. The highest BCUT2D eigenvalue weighted by atomic mass is 16.7. The SMILES string of the molecule is CCC1OC(O)C(C)[C@@H](C)[C@@H]1O[C@@H]1OC(COCc2ccccc2)[C@H](C)[C@H](C)C1OCc1ccccc1. The standard InChI is InChI=1S/C31H44O6/c1-6-26-28(22(4)23(5)30(32)35-26)37-31-29(34-18-25-15-11-8-12-16-25)21(3)20(2)27(36-31)19-33-17-24-13-9-7-10-14-24/h7-16,20-23,26-32H,6,17-19H2,1-5H3/t20-,21+,22-,23?,26?,27?,28+,29?,30?,31+/m1/s1. The average Bonchev–Trinajstić information content (AvgIpc) is 2.92. The Hall–Kier alpha value is -1.80. The lowest BCUT2D eigenvalue weighted by Crippen LogP contribution is -2.57. The van der Waals surface area contributed by atoms with Gasteiger partial charge < -0.3 is 28.8 Å². The van der Waals surface area contributed by atoms with Crippen LogP contribution in [0.15, 0.2) is 60.7 Å². The third-order valence-corrected chi connectivity index (χ3v) is 8.36. The lowest BCUT2D eigenvalue weighted by Gasteiger charge is -2.48. The Labute approximate surface area is 222 Å². The first kappa shape index (κ1) is 28.2. The maximum atomic E-state index is 10.4. The summed E-state index contributed by atoms with van der Waals surface area (Å²) in [7, 11) is 0. The van der Waals surface area contributed by atoms with Crippen LogP contribution in [-0.2, 0) is 36.9 Å². The van der Waals surface area contributed by atoms with E-state index in [1.807, 2.05) is 43.3 Å². The van der Waals surface area contributed by atoms with Crippen LogP contribution < -0.4 is 0 Å². The van der Waals surface area contributed by atoms with Gasteiger partial charge in [-0.25, -0.2) is 0 Å². The third-order valence-electron chi connectivity index (χ3n) is 8.36. The fourth-order valence-electron chi connectivity index (χ4n) is 5.40. The van der Waals surface area contributed by atoms with Gasteiger partial charge >= 0.3 is 0 Å². The van der Waals surface area contributed by atoms with Crippen LogP contribution in [0, 0.1) is 23.7 Å². The van der Waals surface area contributed by atoms with E-state index in [0.717, 1.165) is 17.5 Å². The second-order valence-electron chi connectivity index (χ2n) is 10.8. The number of hydrogen-bond donors (Lipinski definition) is 1. The van der Waals surface area contributed by atoms with Crippen molar-refractivity contribution >= 4 is 0 Å². The molecule has 5 unspecified atom stereocenters. The molecule has 0 spiro atoms. The molecule has 0 bridgehead atoms. The van der Waals surface area contributed by atoms with Crippen LogP contribution in [-0.4, -0.2) is 48.7 Å². The summed E-state index contributed by atoms with van der Waals surface area (Å²) >= 11 is 0. The van der Waals surface area contributed by atoms with Crippen LogP contribution in [0.2, 0.25) is 0 Å². The number of ether oxygens (including phenoxy) is 5. The highest BCUT2D eigenvalue weighted by molar-refractivity contribution is 5.14. The van der Waals surface area contributed by atoms with Gasteiger partial charge in [0.05, 0.1) is 38.1 Å². The zero-order valence-electron chi connectivity index (χ0n) is 22.9. The molecule has 2 aliphatic heterocycles. The van der Waals surface area contributed by atoms with Gasteiger partial charge in [-0.1, -0.05) is 95.3 Å². The second kappa shape index (κ2) is 13.3. The van der Waals surface area contributed by atoms with E-state index in [-0.39, 0.29) is 48.1 Å². The molecular weight excluding hydrogens is 468 g/mol. The first-order valence-corrected chi connectivity index (χ1v) is 13.8. The number of hydrogen-bond acceptors (Lipinski definition) is 6. The molecular formula is C31H44O6. The molecule has 0 saturated carbocycles. The summed E-state index contributed by atoms with van der Waals surface area (Å²) in [6.07, 6.45) is -1.38. The number of aliphatic hydroxyl groups excluding tert-OH is 1. The summed E-state index contributed by atoms with van der Waals surface area (Å²) in [5.74, 6) is 0.478.